The van der Waals surface area contributed by atoms with Gasteiger partial charge in [-0.1, -0.05) is 12.2 Å². The molecule has 0 unspecified atom stereocenters. The highest BCUT2D eigenvalue weighted by Crippen LogP contribution is 2.43. The average molecular weight is 80.1 g/mol. The van der Waals surface area contributed by atoms with Gasteiger partial charge in [-0.05, 0) is 24.7 Å². The van der Waals surface area contributed by atoms with E-state index >= 15 is 0 Å². The van der Waals surface area contributed by atoms with Crippen molar-refractivity contribution in [1.29, 1.82) is 0 Å². The van der Waals surface area contributed by atoms with Gasteiger partial charge < -0.3 is 0 Å². The van der Waals surface area contributed by atoms with Gasteiger partial charge in [0.15, 0.2) is 0 Å². The van der Waals surface area contributed by atoms with Gasteiger partial charge in [0.25, 0.3) is 0 Å². The van der Waals surface area contributed by atoms with Crippen molar-refractivity contribution in [3.05, 3.63) is 12.2 Å². The van der Waals surface area contributed by atoms with E-state index in [1.165, 1.54) is 12.8 Å². The number of fused-ring (bicyclic) bond motifs is 1. The number of rotatable bonds is 0. The van der Waals surface area contributed by atoms with E-state index in [2.05, 4.69) is 12.2 Å². The molecule has 2 aliphatic rings. The van der Waals surface area contributed by atoms with Crippen LogP contribution < -0.4 is 0 Å². The third kappa shape index (κ3) is 0.149. The molecule has 0 nitrogen and oxygen atoms in total. The second-order valence-electron chi connectivity index (χ2n) is 2.29. The van der Waals surface area contributed by atoms with Crippen molar-refractivity contribution in [2.45, 2.75) is 12.8 Å². The molecule has 2 rings (SSSR count). The summed E-state index contributed by atoms with van der Waals surface area (Å²) in [6.07, 6.45) is 7.60. The normalized spacial score (nSPS) is 49.3. The number of hydrogen-bond donors (Lipinski definition) is 0. The first kappa shape index (κ1) is 2.84. The molecular weight excluding hydrogens is 72.1 g/mol. The summed E-state index contributed by atoms with van der Waals surface area (Å²) in [4.78, 5) is 0. The molecule has 32 valence electrons. The Labute approximate surface area is 37.9 Å². The highest BCUT2D eigenvalue weighted by atomic mass is 14.4. The minimum Gasteiger partial charge on any atom is -0.0845 e. The molecule has 0 N–H and O–H groups in total. The first-order chi connectivity index (χ1) is 2.97. The van der Waals surface area contributed by atoms with Crippen molar-refractivity contribution in [1.82, 2.24) is 0 Å². The van der Waals surface area contributed by atoms with Gasteiger partial charge in [0, 0.05) is 0 Å². The highest BCUT2D eigenvalue weighted by molar-refractivity contribution is 5.14. The molecule has 0 spiro atoms. The van der Waals surface area contributed by atoms with E-state index < -0.39 is 0 Å². The SMILES string of the molecule is C1=C[C@H]2CC[C@@H]12. The van der Waals surface area contributed by atoms with Crippen LogP contribution in [0.4, 0.5) is 0 Å². The van der Waals surface area contributed by atoms with Gasteiger partial charge in [0.1, 0.15) is 0 Å². The molecule has 0 saturated heterocycles. The van der Waals surface area contributed by atoms with Crippen LogP contribution in [0.1, 0.15) is 12.8 Å². The molecule has 0 amide bonds. The smallest absolute Gasteiger partial charge is 0.0170 e. The van der Waals surface area contributed by atoms with Gasteiger partial charge in [-0.3, -0.25) is 0 Å². The van der Waals surface area contributed by atoms with E-state index in [4.69, 9.17) is 0 Å². The lowest BCUT2D eigenvalue weighted by atomic mass is 9.66. The highest BCUT2D eigenvalue weighted by Gasteiger charge is 2.31. The van der Waals surface area contributed by atoms with E-state index in [1.54, 1.807) is 0 Å². The van der Waals surface area contributed by atoms with Crippen molar-refractivity contribution in [2.24, 2.45) is 11.8 Å². The quantitative estimate of drug-likeness (QED) is 0.387. The van der Waals surface area contributed by atoms with Crippen LogP contribution in [-0.4, -0.2) is 0 Å². The zero-order valence-electron chi connectivity index (χ0n) is 3.72. The standard InChI is InChI=1S/C6H8/c1-2-6-4-3-5(1)6/h1-2,5-6H,3-4H2/t5-,6+. The second-order valence-corrected chi connectivity index (χ2v) is 2.29. The summed E-state index contributed by atoms with van der Waals surface area (Å²) >= 11 is 0. The summed E-state index contributed by atoms with van der Waals surface area (Å²) in [5.74, 6) is 2.06. The molecule has 0 heterocycles. The first-order valence-electron chi connectivity index (χ1n) is 2.65. The van der Waals surface area contributed by atoms with Crippen LogP contribution in [0.15, 0.2) is 12.2 Å². The molecule has 0 aromatic carbocycles. The van der Waals surface area contributed by atoms with Crippen molar-refractivity contribution < 1.29 is 0 Å². The van der Waals surface area contributed by atoms with Crippen LogP contribution in [0, 0.1) is 11.8 Å². The fraction of sp³-hybridized carbons (Fsp3) is 0.667. The van der Waals surface area contributed by atoms with Gasteiger partial charge in [0.2, 0.25) is 0 Å². The van der Waals surface area contributed by atoms with Crippen molar-refractivity contribution in [3.8, 4) is 0 Å². The molecule has 1 fully saturated rings. The third-order valence-corrected chi connectivity index (χ3v) is 1.99. The van der Waals surface area contributed by atoms with Gasteiger partial charge in [-0.25, -0.2) is 0 Å². The van der Waals surface area contributed by atoms with Gasteiger partial charge in [-0.15, -0.1) is 0 Å². The van der Waals surface area contributed by atoms with Crippen LogP contribution in [0.3, 0.4) is 0 Å². The van der Waals surface area contributed by atoms with Gasteiger partial charge in [-0.2, -0.15) is 0 Å². The van der Waals surface area contributed by atoms with Crippen molar-refractivity contribution in [3.63, 3.8) is 0 Å². The molecule has 2 atom stereocenters. The molecular formula is C6H8. The molecule has 0 aromatic heterocycles. The summed E-state index contributed by atoms with van der Waals surface area (Å²) < 4.78 is 0. The monoisotopic (exact) mass is 80.1 g/mol. The lowest BCUT2D eigenvalue weighted by Gasteiger charge is -2.39. The molecule has 0 radical (unpaired) electrons. The van der Waals surface area contributed by atoms with Crippen molar-refractivity contribution in [2.75, 3.05) is 0 Å². The molecule has 6 heavy (non-hydrogen) atoms. The maximum absolute atomic E-state index is 2.33. The van der Waals surface area contributed by atoms with Crippen LogP contribution >= 0.6 is 0 Å². The van der Waals surface area contributed by atoms with E-state index in [0.29, 0.717) is 0 Å². The Morgan fingerprint density at radius 2 is 1.50 bits per heavy atom. The summed E-state index contributed by atoms with van der Waals surface area (Å²) in [6.45, 7) is 0. The molecule has 0 aromatic rings. The van der Waals surface area contributed by atoms with E-state index in [1.807, 2.05) is 0 Å². The topological polar surface area (TPSA) is 0 Å². The Kier molecular flexibility index (Phi) is 0.331. The van der Waals surface area contributed by atoms with Crippen LogP contribution in [0.5, 0.6) is 0 Å². The Morgan fingerprint density at radius 3 is 1.50 bits per heavy atom. The van der Waals surface area contributed by atoms with Crippen LogP contribution in [0.25, 0.3) is 0 Å². The lowest BCUT2D eigenvalue weighted by Crippen LogP contribution is -2.28. The Bertz CT molecular complexity index is 80.2. The number of hydrogen-bond acceptors (Lipinski definition) is 0. The summed E-state index contributed by atoms with van der Waals surface area (Å²) in [5, 5.41) is 0. The van der Waals surface area contributed by atoms with Gasteiger partial charge >= 0.3 is 0 Å². The maximum atomic E-state index is 2.33. The Morgan fingerprint density at radius 1 is 1.00 bits per heavy atom. The minimum absolute atomic E-state index is 1.03. The zero-order valence-corrected chi connectivity index (χ0v) is 3.72. The first-order valence-corrected chi connectivity index (χ1v) is 2.65. The fourth-order valence-corrected chi connectivity index (χ4v) is 1.17. The minimum atomic E-state index is 1.03. The van der Waals surface area contributed by atoms with Gasteiger partial charge in [0.05, 0.1) is 0 Å². The Hall–Kier alpha value is -0.260. The maximum Gasteiger partial charge on any atom is -0.0170 e. The van der Waals surface area contributed by atoms with Crippen LogP contribution in [0.2, 0.25) is 0 Å². The van der Waals surface area contributed by atoms with Crippen molar-refractivity contribution >= 4 is 0 Å². The predicted octanol–water partition coefficient (Wildman–Crippen LogP) is 1.58. The van der Waals surface area contributed by atoms with E-state index in [9.17, 15) is 0 Å². The average Bonchev–Trinajstić information content (AvgIpc) is 1.54. The lowest BCUT2D eigenvalue weighted by molar-refractivity contribution is 0.248. The molecule has 1 saturated carbocycles. The third-order valence-electron chi connectivity index (χ3n) is 1.99. The molecule has 0 bridgehead atoms. The van der Waals surface area contributed by atoms with Crippen LogP contribution in [-0.2, 0) is 0 Å². The Balaban J connectivity index is 2.24. The van der Waals surface area contributed by atoms with E-state index in [0.717, 1.165) is 11.8 Å². The summed E-state index contributed by atoms with van der Waals surface area (Å²) in [6, 6.07) is 0. The summed E-state index contributed by atoms with van der Waals surface area (Å²) in [7, 11) is 0. The second kappa shape index (κ2) is 0.699. The largest absolute Gasteiger partial charge is 0.0845 e. The molecule has 0 heteroatoms. The predicted molar refractivity (Wildman–Crippen MR) is 25.4 cm³/mol. The zero-order chi connectivity index (χ0) is 3.98. The fourth-order valence-electron chi connectivity index (χ4n) is 1.17. The van der Waals surface area contributed by atoms with E-state index in [-0.39, 0.29) is 0 Å². The summed E-state index contributed by atoms with van der Waals surface area (Å²) in [5.41, 5.74) is 0. The molecule has 0 aliphatic heterocycles. The molecule has 2 aliphatic carbocycles. The number of allylic oxidation sites excluding steroid dienone is 2.